The molecular formula is C12H12BrN3O. The minimum Gasteiger partial charge on any atom is -0.492 e. The van der Waals surface area contributed by atoms with Crippen molar-refractivity contribution in [2.24, 2.45) is 0 Å². The molecule has 1 aromatic heterocycles. The quantitative estimate of drug-likeness (QED) is 0.861. The lowest BCUT2D eigenvalue weighted by molar-refractivity contribution is 0.332. The summed E-state index contributed by atoms with van der Waals surface area (Å²) >= 11 is 3.36. The van der Waals surface area contributed by atoms with Gasteiger partial charge in [-0.25, -0.2) is 9.97 Å². The Morgan fingerprint density at radius 1 is 1.24 bits per heavy atom. The van der Waals surface area contributed by atoms with Crippen LogP contribution in [0, 0.1) is 0 Å². The standard InChI is InChI=1S/C12H12BrN3O/c13-11-8-14-9-16-12(11)15-6-7-17-10-4-2-1-3-5-10/h1-5,8-9H,6-7H2,(H,14,15,16). The number of nitrogens with zero attached hydrogens (tertiary/aromatic N) is 2. The van der Waals surface area contributed by atoms with Gasteiger partial charge in [0.15, 0.2) is 0 Å². The maximum atomic E-state index is 5.55. The van der Waals surface area contributed by atoms with Crippen LogP contribution in [-0.2, 0) is 0 Å². The Kier molecular flexibility index (Phi) is 4.32. The highest BCUT2D eigenvalue weighted by atomic mass is 79.9. The van der Waals surface area contributed by atoms with Crippen LogP contribution >= 0.6 is 15.9 Å². The summed E-state index contributed by atoms with van der Waals surface area (Å²) in [4.78, 5) is 7.99. The number of hydrogen-bond donors (Lipinski definition) is 1. The normalized spacial score (nSPS) is 9.94. The number of para-hydroxylation sites is 1. The molecule has 1 aromatic carbocycles. The van der Waals surface area contributed by atoms with E-state index in [4.69, 9.17) is 4.74 Å². The molecular weight excluding hydrogens is 282 g/mol. The number of benzene rings is 1. The Hall–Kier alpha value is -1.62. The fraction of sp³-hybridized carbons (Fsp3) is 0.167. The minimum atomic E-state index is 0.584. The second kappa shape index (κ2) is 6.20. The first kappa shape index (κ1) is 11.9. The summed E-state index contributed by atoms with van der Waals surface area (Å²) in [5.41, 5.74) is 0. The summed E-state index contributed by atoms with van der Waals surface area (Å²) in [5.74, 6) is 1.65. The smallest absolute Gasteiger partial charge is 0.143 e. The highest BCUT2D eigenvalue weighted by Gasteiger charge is 1.99. The van der Waals surface area contributed by atoms with E-state index in [9.17, 15) is 0 Å². The molecule has 0 spiro atoms. The molecule has 2 rings (SSSR count). The summed E-state index contributed by atoms with van der Waals surface area (Å²) in [6.45, 7) is 1.27. The average Bonchev–Trinajstić information content (AvgIpc) is 2.38. The number of rotatable bonds is 5. The van der Waals surface area contributed by atoms with Gasteiger partial charge in [-0.2, -0.15) is 0 Å². The van der Waals surface area contributed by atoms with E-state index in [1.165, 1.54) is 6.33 Å². The largest absolute Gasteiger partial charge is 0.492 e. The molecule has 0 amide bonds. The lowest BCUT2D eigenvalue weighted by atomic mass is 10.3. The summed E-state index contributed by atoms with van der Waals surface area (Å²) in [6.07, 6.45) is 3.21. The average molecular weight is 294 g/mol. The van der Waals surface area contributed by atoms with Gasteiger partial charge in [0, 0.05) is 6.20 Å². The molecule has 0 saturated heterocycles. The lowest BCUT2D eigenvalue weighted by Gasteiger charge is -2.08. The van der Waals surface area contributed by atoms with Crippen LogP contribution in [0.25, 0.3) is 0 Å². The number of ether oxygens (including phenoxy) is 1. The van der Waals surface area contributed by atoms with E-state index in [-0.39, 0.29) is 0 Å². The van der Waals surface area contributed by atoms with Crippen LogP contribution in [0.15, 0.2) is 47.3 Å². The van der Waals surface area contributed by atoms with Gasteiger partial charge in [-0.05, 0) is 28.1 Å². The van der Waals surface area contributed by atoms with Crippen LogP contribution in [0.2, 0.25) is 0 Å². The van der Waals surface area contributed by atoms with Gasteiger partial charge in [-0.3, -0.25) is 0 Å². The summed E-state index contributed by atoms with van der Waals surface area (Å²) in [7, 11) is 0. The van der Waals surface area contributed by atoms with Gasteiger partial charge in [0.05, 0.1) is 11.0 Å². The molecule has 0 atom stereocenters. The molecule has 0 unspecified atom stereocenters. The van der Waals surface area contributed by atoms with Gasteiger partial charge >= 0.3 is 0 Å². The van der Waals surface area contributed by atoms with Crippen molar-refractivity contribution in [1.82, 2.24) is 9.97 Å². The van der Waals surface area contributed by atoms with E-state index >= 15 is 0 Å². The third-order valence-electron chi connectivity index (χ3n) is 2.07. The second-order valence-electron chi connectivity index (χ2n) is 3.31. The van der Waals surface area contributed by atoms with Crippen molar-refractivity contribution < 1.29 is 4.74 Å². The molecule has 0 aliphatic heterocycles. The zero-order valence-corrected chi connectivity index (χ0v) is 10.7. The molecule has 17 heavy (non-hydrogen) atoms. The first-order valence-electron chi connectivity index (χ1n) is 5.23. The van der Waals surface area contributed by atoms with Gasteiger partial charge in [-0.1, -0.05) is 18.2 Å². The predicted octanol–water partition coefficient (Wildman–Crippen LogP) is 2.73. The molecule has 0 saturated carbocycles. The van der Waals surface area contributed by atoms with Gasteiger partial charge in [-0.15, -0.1) is 0 Å². The van der Waals surface area contributed by atoms with Crippen molar-refractivity contribution in [3.8, 4) is 5.75 Å². The zero-order valence-electron chi connectivity index (χ0n) is 9.14. The summed E-state index contributed by atoms with van der Waals surface area (Å²) in [5, 5.41) is 3.16. The maximum absolute atomic E-state index is 5.55. The van der Waals surface area contributed by atoms with Gasteiger partial charge < -0.3 is 10.1 Å². The number of halogens is 1. The second-order valence-corrected chi connectivity index (χ2v) is 4.16. The first-order valence-corrected chi connectivity index (χ1v) is 6.03. The summed E-state index contributed by atoms with van der Waals surface area (Å²) in [6, 6.07) is 9.72. The monoisotopic (exact) mass is 293 g/mol. The molecule has 5 heteroatoms. The summed E-state index contributed by atoms with van der Waals surface area (Å²) < 4.78 is 6.39. The van der Waals surface area contributed by atoms with Crippen molar-refractivity contribution in [3.05, 3.63) is 47.3 Å². The predicted molar refractivity (Wildman–Crippen MR) is 70.2 cm³/mol. The van der Waals surface area contributed by atoms with E-state index in [0.29, 0.717) is 13.2 Å². The maximum Gasteiger partial charge on any atom is 0.143 e. The molecule has 0 aliphatic carbocycles. The SMILES string of the molecule is Brc1cncnc1NCCOc1ccccc1. The highest BCUT2D eigenvalue weighted by Crippen LogP contribution is 2.16. The fourth-order valence-corrected chi connectivity index (χ4v) is 1.66. The molecule has 4 nitrogen and oxygen atoms in total. The molecule has 1 N–H and O–H groups in total. The van der Waals surface area contributed by atoms with E-state index in [2.05, 4.69) is 31.2 Å². The van der Waals surface area contributed by atoms with Crippen molar-refractivity contribution in [1.29, 1.82) is 0 Å². The molecule has 0 aliphatic rings. The van der Waals surface area contributed by atoms with E-state index in [1.54, 1.807) is 6.20 Å². The fourth-order valence-electron chi connectivity index (χ4n) is 1.30. The van der Waals surface area contributed by atoms with Crippen LogP contribution < -0.4 is 10.1 Å². The molecule has 0 bridgehead atoms. The van der Waals surface area contributed by atoms with Gasteiger partial charge in [0.25, 0.3) is 0 Å². The van der Waals surface area contributed by atoms with E-state index in [1.807, 2.05) is 30.3 Å². The van der Waals surface area contributed by atoms with Gasteiger partial charge in [0.1, 0.15) is 24.5 Å². The lowest BCUT2D eigenvalue weighted by Crippen LogP contribution is -2.12. The van der Waals surface area contributed by atoms with Crippen molar-refractivity contribution in [2.45, 2.75) is 0 Å². The number of hydrogen-bond acceptors (Lipinski definition) is 4. The van der Waals surface area contributed by atoms with Crippen molar-refractivity contribution in [3.63, 3.8) is 0 Å². The Labute approximate surface area is 108 Å². The third kappa shape index (κ3) is 3.71. The topological polar surface area (TPSA) is 47.0 Å². The Bertz CT molecular complexity index is 464. The molecule has 0 fully saturated rings. The van der Waals surface area contributed by atoms with Crippen molar-refractivity contribution in [2.75, 3.05) is 18.5 Å². The van der Waals surface area contributed by atoms with Crippen molar-refractivity contribution >= 4 is 21.7 Å². The van der Waals surface area contributed by atoms with Crippen LogP contribution in [0.5, 0.6) is 5.75 Å². The van der Waals surface area contributed by atoms with E-state index in [0.717, 1.165) is 16.0 Å². The Morgan fingerprint density at radius 3 is 2.82 bits per heavy atom. The number of anilines is 1. The molecule has 88 valence electrons. The third-order valence-corrected chi connectivity index (χ3v) is 2.65. The van der Waals surface area contributed by atoms with Gasteiger partial charge in [0.2, 0.25) is 0 Å². The number of nitrogens with one attached hydrogen (secondary N) is 1. The Balaban J connectivity index is 1.76. The van der Waals surface area contributed by atoms with Crippen LogP contribution in [0.4, 0.5) is 5.82 Å². The number of aromatic nitrogens is 2. The Morgan fingerprint density at radius 2 is 2.06 bits per heavy atom. The highest BCUT2D eigenvalue weighted by molar-refractivity contribution is 9.10. The van der Waals surface area contributed by atoms with E-state index < -0.39 is 0 Å². The minimum absolute atomic E-state index is 0.584. The molecule has 2 aromatic rings. The first-order chi connectivity index (χ1) is 8.36. The molecule has 1 heterocycles. The van der Waals surface area contributed by atoms with Crippen LogP contribution in [0.3, 0.4) is 0 Å². The molecule has 0 radical (unpaired) electrons. The van der Waals surface area contributed by atoms with Crippen LogP contribution in [0.1, 0.15) is 0 Å². The zero-order chi connectivity index (χ0) is 11.9. The van der Waals surface area contributed by atoms with Crippen LogP contribution in [-0.4, -0.2) is 23.1 Å².